The number of esters is 2. The number of carbonyl (C=O) groups is 4. The molecule has 2 atom stereocenters. The monoisotopic (exact) mass is 487 g/mol. The van der Waals surface area contributed by atoms with Gasteiger partial charge in [-0.15, -0.1) is 11.3 Å². The molecule has 0 aliphatic heterocycles. The van der Waals surface area contributed by atoms with Crippen LogP contribution >= 0.6 is 11.3 Å². The minimum Gasteiger partial charge on any atom is -0.462 e. The van der Waals surface area contributed by atoms with Crippen LogP contribution in [0.15, 0.2) is 30.3 Å². The van der Waals surface area contributed by atoms with Gasteiger partial charge in [0, 0.05) is 16.7 Å². The van der Waals surface area contributed by atoms with Gasteiger partial charge in [0.1, 0.15) is 16.5 Å². The Morgan fingerprint density at radius 2 is 1.76 bits per heavy atom. The van der Waals surface area contributed by atoms with Crippen LogP contribution in [0, 0.1) is 23.6 Å². The van der Waals surface area contributed by atoms with Gasteiger partial charge in [-0.25, -0.2) is 9.18 Å². The van der Waals surface area contributed by atoms with Gasteiger partial charge in [0.05, 0.1) is 18.2 Å². The van der Waals surface area contributed by atoms with E-state index in [0.717, 1.165) is 30.6 Å². The molecule has 7 nitrogen and oxygen atoms in total. The number of carbonyl (C=O) groups excluding carboxylic acids is 4. The van der Waals surface area contributed by atoms with Crippen LogP contribution in [0.2, 0.25) is 0 Å². The van der Waals surface area contributed by atoms with Crippen molar-refractivity contribution >= 4 is 40.7 Å². The Balaban J connectivity index is 1.40. The third-order valence-electron chi connectivity index (χ3n) is 6.32. The molecule has 1 N–H and O–H groups in total. The zero-order chi connectivity index (χ0) is 24.2. The standard InChI is InChI=1S/C25H26FNO6S/c1-2-32-25(31)23-19(12-20(34-23)14-6-8-18(26)9-7-14)27-21(28)13-33-24(30)17-10-15-4-3-5-16(11-17)22(15)29/h6-9,12,15-17H,2-5,10-11,13H2,1H3,(H,27,28)/t15-,16-/m0/s1. The fourth-order valence-electron chi connectivity index (χ4n) is 4.70. The van der Waals surface area contributed by atoms with E-state index in [2.05, 4.69) is 5.32 Å². The van der Waals surface area contributed by atoms with Crippen molar-refractivity contribution < 1.29 is 33.0 Å². The molecular weight excluding hydrogens is 461 g/mol. The lowest BCUT2D eigenvalue weighted by molar-refractivity contribution is -0.155. The maximum Gasteiger partial charge on any atom is 0.350 e. The molecule has 9 heteroatoms. The Kier molecular flexibility index (Phi) is 7.41. The Morgan fingerprint density at radius 1 is 1.09 bits per heavy atom. The summed E-state index contributed by atoms with van der Waals surface area (Å²) in [4.78, 5) is 50.6. The van der Waals surface area contributed by atoms with Crippen LogP contribution in [0.3, 0.4) is 0 Å². The SMILES string of the molecule is CCOC(=O)c1sc(-c2ccc(F)cc2)cc1NC(=O)COC(=O)C1C[C@@H]2CCC[C@@H](C1)C2=O. The molecule has 2 bridgehead atoms. The number of thiophene rings is 1. The maximum absolute atomic E-state index is 13.3. The molecule has 0 spiro atoms. The Labute approximate surface area is 200 Å². The van der Waals surface area contributed by atoms with Gasteiger partial charge in [-0.3, -0.25) is 14.4 Å². The smallest absolute Gasteiger partial charge is 0.350 e. The molecular formula is C25H26FNO6S. The highest BCUT2D eigenvalue weighted by atomic mass is 32.1. The molecule has 0 saturated heterocycles. The van der Waals surface area contributed by atoms with E-state index in [1.165, 1.54) is 12.1 Å². The number of Topliss-reactive ketones (excluding diaryl/α,β-unsaturated/α-hetero) is 1. The van der Waals surface area contributed by atoms with Crippen molar-refractivity contribution in [1.82, 2.24) is 0 Å². The van der Waals surface area contributed by atoms with Gasteiger partial charge in [0.25, 0.3) is 5.91 Å². The number of fused-ring (bicyclic) bond motifs is 2. The first-order valence-corrected chi connectivity index (χ1v) is 12.2. The average molecular weight is 488 g/mol. The number of ether oxygens (including phenoxy) is 2. The van der Waals surface area contributed by atoms with E-state index in [1.54, 1.807) is 25.1 Å². The van der Waals surface area contributed by atoms with Crippen molar-refractivity contribution in [2.45, 2.75) is 39.0 Å². The number of hydrogen-bond donors (Lipinski definition) is 1. The number of halogens is 1. The number of benzene rings is 1. The summed E-state index contributed by atoms with van der Waals surface area (Å²) < 4.78 is 23.6. The van der Waals surface area contributed by atoms with Gasteiger partial charge in [0.15, 0.2) is 6.61 Å². The second-order valence-corrected chi connectivity index (χ2v) is 9.68. The number of hydrogen-bond acceptors (Lipinski definition) is 7. The average Bonchev–Trinajstić information content (AvgIpc) is 3.21. The summed E-state index contributed by atoms with van der Waals surface area (Å²) in [5, 5.41) is 2.62. The lowest BCUT2D eigenvalue weighted by atomic mass is 9.67. The van der Waals surface area contributed by atoms with E-state index in [0.29, 0.717) is 23.3 Å². The first kappa shape index (κ1) is 24.1. The fraction of sp³-hybridized carbons (Fsp3) is 0.440. The lowest BCUT2D eigenvalue weighted by Crippen LogP contribution is -2.40. The number of amides is 1. The van der Waals surface area contributed by atoms with E-state index in [-0.39, 0.29) is 46.5 Å². The summed E-state index contributed by atoms with van der Waals surface area (Å²) in [6.07, 6.45) is 3.59. The van der Waals surface area contributed by atoms with E-state index in [9.17, 15) is 23.6 Å². The predicted octanol–water partition coefficient (Wildman–Crippen LogP) is 4.61. The summed E-state index contributed by atoms with van der Waals surface area (Å²) >= 11 is 1.11. The minimum absolute atomic E-state index is 0.0818. The second-order valence-electron chi connectivity index (χ2n) is 8.63. The Bertz CT molecular complexity index is 1080. The third-order valence-corrected chi connectivity index (χ3v) is 7.49. The zero-order valence-electron chi connectivity index (χ0n) is 18.8. The molecule has 2 aromatic rings. The van der Waals surface area contributed by atoms with E-state index in [4.69, 9.17) is 9.47 Å². The molecule has 1 heterocycles. The molecule has 2 fully saturated rings. The quantitative estimate of drug-likeness (QED) is 0.573. The summed E-state index contributed by atoms with van der Waals surface area (Å²) in [6.45, 7) is 1.35. The van der Waals surface area contributed by atoms with Crippen molar-refractivity contribution in [2.24, 2.45) is 17.8 Å². The van der Waals surface area contributed by atoms with Gasteiger partial charge >= 0.3 is 11.9 Å². The topological polar surface area (TPSA) is 98.8 Å². The van der Waals surface area contributed by atoms with Crippen LogP contribution in [0.5, 0.6) is 0 Å². The van der Waals surface area contributed by atoms with E-state index in [1.807, 2.05) is 0 Å². The van der Waals surface area contributed by atoms with Crippen LogP contribution in [0.25, 0.3) is 10.4 Å². The Hall–Kier alpha value is -3.07. The zero-order valence-corrected chi connectivity index (χ0v) is 19.6. The Morgan fingerprint density at radius 3 is 2.41 bits per heavy atom. The number of nitrogens with one attached hydrogen (secondary N) is 1. The van der Waals surface area contributed by atoms with Crippen LogP contribution in [-0.4, -0.2) is 36.8 Å². The van der Waals surface area contributed by atoms with Crippen LogP contribution in [-0.2, 0) is 23.9 Å². The van der Waals surface area contributed by atoms with Crippen molar-refractivity contribution in [3.05, 3.63) is 41.0 Å². The highest BCUT2D eigenvalue weighted by Gasteiger charge is 2.41. The molecule has 0 unspecified atom stereocenters. The predicted molar refractivity (Wildman–Crippen MR) is 124 cm³/mol. The first-order chi connectivity index (χ1) is 16.4. The molecule has 1 amide bonds. The van der Waals surface area contributed by atoms with Crippen LogP contribution < -0.4 is 5.32 Å². The molecule has 1 aromatic heterocycles. The van der Waals surface area contributed by atoms with Crippen LogP contribution in [0.4, 0.5) is 10.1 Å². The minimum atomic E-state index is -0.591. The lowest BCUT2D eigenvalue weighted by Gasteiger charge is -2.36. The molecule has 2 saturated carbocycles. The number of ketones is 1. The van der Waals surface area contributed by atoms with Crippen molar-refractivity contribution in [3.63, 3.8) is 0 Å². The molecule has 1 aromatic carbocycles. The van der Waals surface area contributed by atoms with E-state index >= 15 is 0 Å². The largest absolute Gasteiger partial charge is 0.462 e. The highest BCUT2D eigenvalue weighted by Crippen LogP contribution is 2.40. The van der Waals surface area contributed by atoms with Gasteiger partial charge in [-0.2, -0.15) is 0 Å². The van der Waals surface area contributed by atoms with Crippen molar-refractivity contribution in [1.29, 1.82) is 0 Å². The third kappa shape index (κ3) is 5.35. The molecule has 4 rings (SSSR count). The van der Waals surface area contributed by atoms with Crippen molar-refractivity contribution in [2.75, 3.05) is 18.5 Å². The summed E-state index contributed by atoms with van der Waals surface area (Å²) in [5.74, 6) is -2.31. The van der Waals surface area contributed by atoms with Gasteiger partial charge in [-0.1, -0.05) is 18.6 Å². The summed E-state index contributed by atoms with van der Waals surface area (Å²) in [6, 6.07) is 7.38. The molecule has 2 aliphatic rings. The van der Waals surface area contributed by atoms with Gasteiger partial charge in [-0.05, 0) is 56.4 Å². The number of rotatable bonds is 7. The number of anilines is 1. The normalized spacial score (nSPS) is 21.6. The van der Waals surface area contributed by atoms with Crippen molar-refractivity contribution in [3.8, 4) is 10.4 Å². The van der Waals surface area contributed by atoms with Gasteiger partial charge < -0.3 is 14.8 Å². The summed E-state index contributed by atoms with van der Waals surface area (Å²) in [5.41, 5.74) is 0.919. The highest BCUT2D eigenvalue weighted by molar-refractivity contribution is 7.18. The molecule has 0 radical (unpaired) electrons. The summed E-state index contributed by atoms with van der Waals surface area (Å²) in [7, 11) is 0. The molecule has 2 aliphatic carbocycles. The second kappa shape index (κ2) is 10.5. The first-order valence-electron chi connectivity index (χ1n) is 11.4. The van der Waals surface area contributed by atoms with E-state index < -0.39 is 24.5 Å². The molecule has 180 valence electrons. The fourth-order valence-corrected chi connectivity index (χ4v) is 5.71. The van der Waals surface area contributed by atoms with Crippen LogP contribution in [0.1, 0.15) is 48.7 Å². The van der Waals surface area contributed by atoms with Gasteiger partial charge in [0.2, 0.25) is 0 Å². The molecule has 34 heavy (non-hydrogen) atoms. The maximum atomic E-state index is 13.3.